The molecule has 0 amide bonds. The number of hydrogen-bond acceptors (Lipinski definition) is 3. The topological polar surface area (TPSA) is 73.5 Å². The monoisotopic (exact) mass is 455 g/mol. The van der Waals surface area contributed by atoms with Gasteiger partial charge in [0, 0.05) is 11.1 Å². The molecular weight excluding hydrogens is 435 g/mol. The highest BCUT2D eigenvalue weighted by Crippen LogP contribution is 2.44. The normalized spacial score (nSPS) is 13.9. The first-order valence-corrected chi connectivity index (χ1v) is 10.3. The molecule has 0 fully saturated rings. The van der Waals surface area contributed by atoms with Gasteiger partial charge in [-0.05, 0) is 60.2 Å². The maximum Gasteiger partial charge on any atom is 0.416 e. The lowest BCUT2D eigenvalue weighted by atomic mass is 9.95. The number of hydrogen-bond donors (Lipinski definition) is 1. The fraction of sp³-hybridized carbons (Fsp3) is 0.200. The number of carboxylic acid groups (broad SMARTS) is 1. The van der Waals surface area contributed by atoms with Crippen LogP contribution >= 0.6 is 0 Å². The molecule has 1 heterocycles. The molecule has 1 N–H and O–H groups in total. The lowest BCUT2D eigenvalue weighted by molar-refractivity contribution is -0.605. The molecule has 0 spiro atoms. The Kier molecular flexibility index (Phi) is 6.09. The first-order chi connectivity index (χ1) is 15.7. The highest BCUT2D eigenvalue weighted by Gasteiger charge is 2.32. The Bertz CT molecular complexity index is 1220. The van der Waals surface area contributed by atoms with Gasteiger partial charge in [-0.25, -0.2) is 4.79 Å². The minimum absolute atomic E-state index is 0.177. The van der Waals surface area contributed by atoms with Gasteiger partial charge in [-0.3, -0.25) is 0 Å². The van der Waals surface area contributed by atoms with E-state index < -0.39 is 17.7 Å². The average Bonchev–Trinajstić information content (AvgIpc) is 3.27. The molecule has 0 atom stereocenters. The number of nitrogens with zero attached hydrogens (tertiary/aromatic N) is 1. The molecule has 1 aliphatic rings. The Morgan fingerprint density at radius 1 is 1.03 bits per heavy atom. The van der Waals surface area contributed by atoms with E-state index in [0.29, 0.717) is 52.0 Å². The van der Waals surface area contributed by atoms with Gasteiger partial charge >= 0.3 is 12.1 Å². The standard InChI is InChI=1S/C25H20F3NO4/c26-25(27,28)19-9-10-23(33-15-16-5-2-1-3-6-16)22(12-19)21-8-4-7-20(21)17-11-18(24(30)31)14-29(32)13-17/h1-3,5-6,9-14H,4,7-8,15H2,(H,30,31). The molecule has 4 rings (SSSR count). The van der Waals surface area contributed by atoms with E-state index in [-0.39, 0.29) is 12.2 Å². The lowest BCUT2D eigenvalue weighted by Crippen LogP contribution is -2.27. The van der Waals surface area contributed by atoms with Crippen LogP contribution in [0.2, 0.25) is 0 Å². The molecule has 33 heavy (non-hydrogen) atoms. The van der Waals surface area contributed by atoms with E-state index in [1.54, 1.807) is 0 Å². The number of carboxylic acids is 1. The third kappa shape index (κ3) is 5.00. The van der Waals surface area contributed by atoms with Crippen LogP contribution < -0.4 is 9.47 Å². The van der Waals surface area contributed by atoms with Crippen molar-refractivity contribution in [1.29, 1.82) is 0 Å². The summed E-state index contributed by atoms with van der Waals surface area (Å²) in [6, 6.07) is 14.0. The van der Waals surface area contributed by atoms with Crippen LogP contribution in [-0.4, -0.2) is 11.1 Å². The Hall–Kier alpha value is -3.81. The number of pyridine rings is 1. The predicted molar refractivity (Wildman–Crippen MR) is 115 cm³/mol. The zero-order valence-electron chi connectivity index (χ0n) is 17.4. The third-order valence-electron chi connectivity index (χ3n) is 5.53. The summed E-state index contributed by atoms with van der Waals surface area (Å²) in [5, 5.41) is 21.3. The summed E-state index contributed by atoms with van der Waals surface area (Å²) in [5.41, 5.74) is 1.81. The number of aromatic carboxylic acids is 1. The van der Waals surface area contributed by atoms with Gasteiger partial charge < -0.3 is 15.1 Å². The molecule has 1 aliphatic carbocycles. The lowest BCUT2D eigenvalue weighted by Gasteiger charge is -2.17. The molecule has 1 aromatic heterocycles. The summed E-state index contributed by atoms with van der Waals surface area (Å²) in [6.45, 7) is 0.177. The summed E-state index contributed by atoms with van der Waals surface area (Å²) in [6.07, 6.45) is -0.700. The van der Waals surface area contributed by atoms with Gasteiger partial charge in [-0.15, -0.1) is 0 Å². The van der Waals surface area contributed by atoms with Crippen LogP contribution in [0.4, 0.5) is 13.2 Å². The molecule has 0 saturated heterocycles. The van der Waals surface area contributed by atoms with Crippen LogP contribution in [0.15, 0.2) is 67.0 Å². The van der Waals surface area contributed by atoms with Gasteiger partial charge in [0.1, 0.15) is 17.9 Å². The average molecular weight is 455 g/mol. The SMILES string of the molecule is O=C(O)c1cc(C2=C(c3cc(C(F)(F)F)ccc3OCc3ccccc3)CCC2)c[n+]([O-])c1. The van der Waals surface area contributed by atoms with Crippen molar-refractivity contribution in [2.75, 3.05) is 0 Å². The number of benzene rings is 2. The number of allylic oxidation sites excluding steroid dienone is 2. The minimum Gasteiger partial charge on any atom is -0.619 e. The van der Waals surface area contributed by atoms with Crippen LogP contribution in [0, 0.1) is 5.21 Å². The predicted octanol–water partition coefficient (Wildman–Crippen LogP) is 5.71. The Balaban J connectivity index is 1.81. The van der Waals surface area contributed by atoms with Crippen molar-refractivity contribution in [3.63, 3.8) is 0 Å². The fourth-order valence-electron chi connectivity index (χ4n) is 4.00. The molecule has 3 aromatic rings. The van der Waals surface area contributed by atoms with Crippen LogP contribution in [0.1, 0.15) is 51.9 Å². The summed E-state index contributed by atoms with van der Waals surface area (Å²) >= 11 is 0. The zero-order chi connectivity index (χ0) is 23.6. The van der Waals surface area contributed by atoms with Crippen LogP contribution in [-0.2, 0) is 12.8 Å². The molecule has 0 bridgehead atoms. The van der Waals surface area contributed by atoms with Crippen molar-refractivity contribution in [3.05, 3.63) is 100 Å². The maximum absolute atomic E-state index is 13.5. The number of rotatable bonds is 6. The highest BCUT2D eigenvalue weighted by molar-refractivity contribution is 5.96. The van der Waals surface area contributed by atoms with Gasteiger partial charge in [0.25, 0.3) is 0 Å². The highest BCUT2D eigenvalue weighted by atomic mass is 19.4. The summed E-state index contributed by atoms with van der Waals surface area (Å²) in [5.74, 6) is -0.960. The number of alkyl halides is 3. The zero-order valence-corrected chi connectivity index (χ0v) is 17.4. The minimum atomic E-state index is -4.53. The first kappa shape index (κ1) is 22.4. The Labute approximate surface area is 188 Å². The van der Waals surface area contributed by atoms with Crippen molar-refractivity contribution >= 4 is 17.1 Å². The van der Waals surface area contributed by atoms with E-state index >= 15 is 0 Å². The molecule has 0 aliphatic heterocycles. The summed E-state index contributed by atoms with van der Waals surface area (Å²) < 4.78 is 46.8. The molecule has 8 heteroatoms. The number of ether oxygens (including phenoxy) is 1. The van der Waals surface area contributed by atoms with Crippen molar-refractivity contribution in [1.82, 2.24) is 0 Å². The molecule has 0 radical (unpaired) electrons. The molecular formula is C25H20F3NO4. The van der Waals surface area contributed by atoms with E-state index in [4.69, 9.17) is 4.74 Å². The second-order valence-electron chi connectivity index (χ2n) is 7.77. The van der Waals surface area contributed by atoms with Gasteiger partial charge in [-0.1, -0.05) is 30.3 Å². The van der Waals surface area contributed by atoms with E-state index in [1.165, 1.54) is 18.3 Å². The van der Waals surface area contributed by atoms with Crippen LogP contribution in [0.25, 0.3) is 11.1 Å². The van der Waals surface area contributed by atoms with Crippen LogP contribution in [0.5, 0.6) is 5.75 Å². The van der Waals surface area contributed by atoms with Gasteiger partial charge in [0.05, 0.1) is 5.56 Å². The number of halogens is 3. The van der Waals surface area contributed by atoms with E-state index in [1.807, 2.05) is 30.3 Å². The molecule has 0 saturated carbocycles. The van der Waals surface area contributed by atoms with Crippen molar-refractivity contribution in [2.24, 2.45) is 0 Å². The second-order valence-corrected chi connectivity index (χ2v) is 7.77. The van der Waals surface area contributed by atoms with E-state index in [2.05, 4.69) is 0 Å². The molecule has 0 unspecified atom stereocenters. The molecule has 2 aromatic carbocycles. The third-order valence-corrected chi connectivity index (χ3v) is 5.53. The smallest absolute Gasteiger partial charge is 0.416 e. The van der Waals surface area contributed by atoms with E-state index in [9.17, 15) is 28.3 Å². The van der Waals surface area contributed by atoms with Crippen molar-refractivity contribution in [3.8, 4) is 5.75 Å². The maximum atomic E-state index is 13.5. The largest absolute Gasteiger partial charge is 0.619 e. The van der Waals surface area contributed by atoms with Gasteiger partial charge in [0.2, 0.25) is 0 Å². The molecule has 5 nitrogen and oxygen atoms in total. The van der Waals surface area contributed by atoms with Crippen LogP contribution in [0.3, 0.4) is 0 Å². The van der Waals surface area contributed by atoms with Gasteiger partial charge in [-0.2, -0.15) is 17.9 Å². The Morgan fingerprint density at radius 3 is 2.45 bits per heavy atom. The quantitative estimate of drug-likeness (QED) is 0.382. The van der Waals surface area contributed by atoms with Crippen molar-refractivity contribution < 1.29 is 32.5 Å². The Morgan fingerprint density at radius 2 is 1.76 bits per heavy atom. The number of aromatic nitrogens is 1. The first-order valence-electron chi connectivity index (χ1n) is 10.3. The van der Waals surface area contributed by atoms with Crippen molar-refractivity contribution in [2.45, 2.75) is 32.0 Å². The van der Waals surface area contributed by atoms with E-state index in [0.717, 1.165) is 23.9 Å². The fourth-order valence-corrected chi connectivity index (χ4v) is 4.00. The summed E-state index contributed by atoms with van der Waals surface area (Å²) in [7, 11) is 0. The number of carbonyl (C=O) groups is 1. The molecule has 170 valence electrons. The van der Waals surface area contributed by atoms with Gasteiger partial charge in [0.15, 0.2) is 12.4 Å². The summed E-state index contributed by atoms with van der Waals surface area (Å²) in [4.78, 5) is 11.4. The second kappa shape index (κ2) is 8.97.